The molecule has 0 aliphatic carbocycles. The molecule has 1 unspecified atom stereocenters. The monoisotopic (exact) mass is 333 g/mol. The molecule has 23 heavy (non-hydrogen) atoms. The number of nitrogens with zero attached hydrogens (tertiary/aromatic N) is 2. The van der Waals surface area contributed by atoms with Crippen molar-refractivity contribution in [3.63, 3.8) is 0 Å². The lowest BCUT2D eigenvalue weighted by atomic mass is 10.1. The maximum absolute atomic E-state index is 12.2. The molecule has 0 aromatic carbocycles. The summed E-state index contributed by atoms with van der Waals surface area (Å²) in [6.45, 7) is 4.02. The van der Waals surface area contributed by atoms with E-state index in [0.29, 0.717) is 6.04 Å². The Bertz CT molecular complexity index is 592. The summed E-state index contributed by atoms with van der Waals surface area (Å²) in [4.78, 5) is 19.7. The summed E-state index contributed by atoms with van der Waals surface area (Å²) >= 11 is 1.58. The van der Waals surface area contributed by atoms with Gasteiger partial charge in [0, 0.05) is 68.2 Å². The molecule has 3 rings (SSSR count). The predicted octanol–water partition coefficient (Wildman–Crippen LogP) is 0.644. The van der Waals surface area contributed by atoms with E-state index in [0.717, 1.165) is 54.6 Å². The number of aromatic nitrogens is 1. The zero-order chi connectivity index (χ0) is 16.1. The largest absolute Gasteiger partial charge is 0.389 e. The fourth-order valence-electron chi connectivity index (χ4n) is 2.80. The third-order valence-electron chi connectivity index (χ3n) is 3.95. The van der Waals surface area contributed by atoms with Gasteiger partial charge in [-0.3, -0.25) is 9.78 Å². The van der Waals surface area contributed by atoms with Gasteiger partial charge in [-0.15, -0.1) is 11.8 Å². The zero-order valence-corrected chi connectivity index (χ0v) is 14.2. The highest BCUT2D eigenvalue weighted by molar-refractivity contribution is 8.04. The molecule has 0 spiro atoms. The van der Waals surface area contributed by atoms with Gasteiger partial charge in [0.25, 0.3) is 5.91 Å². The first-order chi connectivity index (χ1) is 11.2. The van der Waals surface area contributed by atoms with Gasteiger partial charge in [-0.25, -0.2) is 0 Å². The van der Waals surface area contributed by atoms with Gasteiger partial charge >= 0.3 is 0 Å². The van der Waals surface area contributed by atoms with Crippen LogP contribution in [0.3, 0.4) is 0 Å². The molecular formula is C16H23N5OS. The molecular weight excluding hydrogens is 310 g/mol. The number of likely N-dealkylation sites (N-methyl/N-ethyl adjacent to an activating group) is 1. The second-order valence-corrected chi connectivity index (χ2v) is 7.06. The van der Waals surface area contributed by atoms with Crippen LogP contribution in [0.1, 0.15) is 5.69 Å². The molecule has 0 bridgehead atoms. The minimum atomic E-state index is -0.0603. The first-order valence-corrected chi connectivity index (χ1v) is 8.94. The summed E-state index contributed by atoms with van der Waals surface area (Å²) in [5, 5.41) is 9.58. The van der Waals surface area contributed by atoms with Crippen molar-refractivity contribution < 1.29 is 4.79 Å². The normalized spacial score (nSPS) is 22.1. The third-order valence-corrected chi connectivity index (χ3v) is 4.97. The SMILES string of the molecule is CN1CCNC(Cc2cc(NC(=O)C3=CNCCS3)ccn2)C1. The van der Waals surface area contributed by atoms with Crippen LogP contribution in [-0.2, 0) is 11.2 Å². The van der Waals surface area contributed by atoms with Crippen LogP contribution in [-0.4, -0.2) is 60.8 Å². The molecule has 1 aromatic rings. The molecule has 2 aliphatic rings. The number of thioether (sulfide) groups is 1. The molecule has 0 radical (unpaired) electrons. The van der Waals surface area contributed by atoms with E-state index >= 15 is 0 Å². The number of carbonyl (C=O) groups excluding carboxylic acids is 1. The van der Waals surface area contributed by atoms with Crippen LogP contribution < -0.4 is 16.0 Å². The Morgan fingerprint density at radius 1 is 1.52 bits per heavy atom. The molecule has 0 saturated carbocycles. The second kappa shape index (κ2) is 7.81. The van der Waals surface area contributed by atoms with Crippen LogP contribution in [0.2, 0.25) is 0 Å². The van der Waals surface area contributed by atoms with E-state index in [1.165, 1.54) is 0 Å². The van der Waals surface area contributed by atoms with E-state index < -0.39 is 0 Å². The Morgan fingerprint density at radius 2 is 2.43 bits per heavy atom. The van der Waals surface area contributed by atoms with Gasteiger partial charge in [-0.2, -0.15) is 0 Å². The number of piperazine rings is 1. The predicted molar refractivity (Wildman–Crippen MR) is 94.4 cm³/mol. The number of pyridine rings is 1. The average Bonchev–Trinajstić information content (AvgIpc) is 2.56. The minimum absolute atomic E-state index is 0.0603. The van der Waals surface area contributed by atoms with Gasteiger partial charge in [0.05, 0.1) is 4.91 Å². The average molecular weight is 333 g/mol. The Balaban J connectivity index is 1.60. The summed E-state index contributed by atoms with van der Waals surface area (Å²) in [7, 11) is 2.14. The maximum Gasteiger partial charge on any atom is 0.263 e. The number of nitrogens with one attached hydrogen (secondary N) is 3. The van der Waals surface area contributed by atoms with Crippen LogP contribution in [0.5, 0.6) is 0 Å². The van der Waals surface area contributed by atoms with Crippen molar-refractivity contribution in [1.82, 2.24) is 20.5 Å². The summed E-state index contributed by atoms with van der Waals surface area (Å²) in [5.41, 5.74) is 1.80. The fraction of sp³-hybridized carbons (Fsp3) is 0.500. The van der Waals surface area contributed by atoms with Crippen LogP contribution >= 0.6 is 11.8 Å². The van der Waals surface area contributed by atoms with Gasteiger partial charge in [-0.05, 0) is 19.2 Å². The topological polar surface area (TPSA) is 69.3 Å². The van der Waals surface area contributed by atoms with E-state index in [4.69, 9.17) is 0 Å². The van der Waals surface area contributed by atoms with Crippen molar-refractivity contribution in [2.45, 2.75) is 12.5 Å². The molecule has 6 nitrogen and oxygen atoms in total. The standard InChI is InChI=1S/C16H23N5OS/c1-21-6-4-19-14(11-21)9-13-8-12(2-3-18-13)20-16(22)15-10-17-5-7-23-15/h2-3,8,10,14,17,19H,4-7,9,11H2,1H3,(H,18,20,22). The van der Waals surface area contributed by atoms with E-state index in [1.54, 1.807) is 24.2 Å². The maximum atomic E-state index is 12.2. The van der Waals surface area contributed by atoms with Crippen LogP contribution in [0.4, 0.5) is 5.69 Å². The van der Waals surface area contributed by atoms with Crippen LogP contribution in [0.25, 0.3) is 0 Å². The molecule has 1 fully saturated rings. The molecule has 2 aliphatic heterocycles. The Hall–Kier alpha value is -1.57. The van der Waals surface area contributed by atoms with Gasteiger partial charge in [0.2, 0.25) is 0 Å². The van der Waals surface area contributed by atoms with Gasteiger partial charge in [-0.1, -0.05) is 0 Å². The van der Waals surface area contributed by atoms with Crippen molar-refractivity contribution in [2.75, 3.05) is 44.3 Å². The van der Waals surface area contributed by atoms with E-state index in [1.807, 2.05) is 12.1 Å². The highest BCUT2D eigenvalue weighted by atomic mass is 32.2. The number of rotatable bonds is 4. The van der Waals surface area contributed by atoms with Crippen molar-refractivity contribution >= 4 is 23.4 Å². The number of carbonyl (C=O) groups is 1. The van der Waals surface area contributed by atoms with Crippen LogP contribution in [0, 0.1) is 0 Å². The van der Waals surface area contributed by atoms with E-state index in [9.17, 15) is 4.79 Å². The number of hydrogen-bond acceptors (Lipinski definition) is 6. The third kappa shape index (κ3) is 4.70. The lowest BCUT2D eigenvalue weighted by Crippen LogP contribution is -2.50. The lowest BCUT2D eigenvalue weighted by Gasteiger charge is -2.30. The number of amides is 1. The quantitative estimate of drug-likeness (QED) is 0.751. The lowest BCUT2D eigenvalue weighted by molar-refractivity contribution is -0.112. The fourth-order valence-corrected chi connectivity index (χ4v) is 3.59. The molecule has 3 heterocycles. The second-order valence-electron chi connectivity index (χ2n) is 5.92. The zero-order valence-electron chi connectivity index (χ0n) is 13.3. The molecule has 1 saturated heterocycles. The van der Waals surface area contributed by atoms with Gasteiger partial charge in [0.15, 0.2) is 0 Å². The summed E-state index contributed by atoms with van der Waals surface area (Å²) < 4.78 is 0. The van der Waals surface area contributed by atoms with Gasteiger partial charge in [0.1, 0.15) is 0 Å². The summed E-state index contributed by atoms with van der Waals surface area (Å²) in [6, 6.07) is 4.21. The van der Waals surface area contributed by atoms with Crippen molar-refractivity contribution in [1.29, 1.82) is 0 Å². The summed E-state index contributed by atoms with van der Waals surface area (Å²) in [5.74, 6) is 0.858. The molecule has 124 valence electrons. The first-order valence-electron chi connectivity index (χ1n) is 7.95. The highest BCUT2D eigenvalue weighted by Gasteiger charge is 2.18. The van der Waals surface area contributed by atoms with Gasteiger partial charge < -0.3 is 20.9 Å². The van der Waals surface area contributed by atoms with E-state index in [2.05, 4.69) is 32.9 Å². The summed E-state index contributed by atoms with van der Waals surface area (Å²) in [6.07, 6.45) is 4.42. The van der Waals surface area contributed by atoms with Crippen molar-refractivity contribution in [3.05, 3.63) is 35.1 Å². The Labute approximate surface area is 141 Å². The molecule has 1 atom stereocenters. The van der Waals surface area contributed by atoms with E-state index in [-0.39, 0.29) is 5.91 Å². The van der Waals surface area contributed by atoms with Crippen molar-refractivity contribution in [3.8, 4) is 0 Å². The highest BCUT2D eigenvalue weighted by Crippen LogP contribution is 2.20. The molecule has 3 N–H and O–H groups in total. The smallest absolute Gasteiger partial charge is 0.263 e. The Kier molecular flexibility index (Phi) is 5.53. The number of anilines is 1. The Morgan fingerprint density at radius 3 is 3.22 bits per heavy atom. The van der Waals surface area contributed by atoms with Crippen molar-refractivity contribution in [2.24, 2.45) is 0 Å². The number of hydrogen-bond donors (Lipinski definition) is 3. The molecule has 1 amide bonds. The first kappa shape index (κ1) is 16.3. The molecule has 7 heteroatoms. The molecule has 1 aromatic heterocycles. The minimum Gasteiger partial charge on any atom is -0.389 e. The van der Waals surface area contributed by atoms with Crippen LogP contribution in [0.15, 0.2) is 29.4 Å².